The SMILES string of the molecule is CS(=O)(=O)c1ccccc1Cc1nccn1Cc1cccc(C(N)=S)c1. The van der Waals surface area contributed by atoms with Crippen molar-refractivity contribution in [3.63, 3.8) is 0 Å². The lowest BCUT2D eigenvalue weighted by Gasteiger charge is -2.11. The first-order valence-electron chi connectivity index (χ1n) is 8.01. The van der Waals surface area contributed by atoms with Gasteiger partial charge in [0.05, 0.1) is 4.90 Å². The fourth-order valence-electron chi connectivity index (χ4n) is 2.85. The molecule has 3 rings (SSSR count). The Balaban J connectivity index is 1.89. The summed E-state index contributed by atoms with van der Waals surface area (Å²) < 4.78 is 26.0. The number of thiocarbonyl (C=S) groups is 1. The fourth-order valence-corrected chi connectivity index (χ4v) is 3.92. The topological polar surface area (TPSA) is 78.0 Å². The Morgan fingerprint density at radius 1 is 1.19 bits per heavy atom. The van der Waals surface area contributed by atoms with Crippen molar-refractivity contribution >= 4 is 27.0 Å². The van der Waals surface area contributed by atoms with Crippen LogP contribution < -0.4 is 5.73 Å². The summed E-state index contributed by atoms with van der Waals surface area (Å²) in [7, 11) is -3.29. The molecule has 0 amide bonds. The van der Waals surface area contributed by atoms with Gasteiger partial charge in [0.1, 0.15) is 10.8 Å². The largest absolute Gasteiger partial charge is 0.389 e. The van der Waals surface area contributed by atoms with E-state index >= 15 is 0 Å². The number of hydrogen-bond acceptors (Lipinski definition) is 4. The first kappa shape index (κ1) is 18.3. The summed E-state index contributed by atoms with van der Waals surface area (Å²) >= 11 is 5.03. The van der Waals surface area contributed by atoms with E-state index in [-0.39, 0.29) is 0 Å². The van der Waals surface area contributed by atoms with Gasteiger partial charge in [-0.05, 0) is 23.3 Å². The summed E-state index contributed by atoms with van der Waals surface area (Å²) in [6, 6.07) is 14.8. The summed E-state index contributed by atoms with van der Waals surface area (Å²) in [6.45, 7) is 0.604. The molecule has 3 aromatic rings. The molecule has 0 bridgehead atoms. The van der Waals surface area contributed by atoms with Gasteiger partial charge in [0.15, 0.2) is 9.84 Å². The van der Waals surface area contributed by atoms with E-state index in [4.69, 9.17) is 18.0 Å². The van der Waals surface area contributed by atoms with Crippen LogP contribution in [-0.2, 0) is 22.8 Å². The predicted octanol–water partition coefficient (Wildman–Crippen LogP) is 2.56. The molecule has 0 aliphatic heterocycles. The van der Waals surface area contributed by atoms with Crippen LogP contribution in [0.25, 0.3) is 0 Å². The zero-order valence-corrected chi connectivity index (χ0v) is 15.9. The van der Waals surface area contributed by atoms with Gasteiger partial charge in [-0.15, -0.1) is 0 Å². The molecule has 5 nitrogen and oxygen atoms in total. The monoisotopic (exact) mass is 385 g/mol. The summed E-state index contributed by atoms with van der Waals surface area (Å²) in [5.74, 6) is 0.793. The van der Waals surface area contributed by atoms with Crippen LogP contribution in [0.5, 0.6) is 0 Å². The van der Waals surface area contributed by atoms with Gasteiger partial charge in [0, 0.05) is 37.2 Å². The molecule has 1 aromatic heterocycles. The molecule has 2 aromatic carbocycles. The molecule has 0 aliphatic rings. The van der Waals surface area contributed by atoms with Crippen LogP contribution in [0.15, 0.2) is 65.8 Å². The molecular weight excluding hydrogens is 366 g/mol. The maximum atomic E-state index is 12.0. The number of sulfone groups is 1. The number of aromatic nitrogens is 2. The second kappa shape index (κ2) is 7.39. The molecule has 26 heavy (non-hydrogen) atoms. The van der Waals surface area contributed by atoms with Crippen LogP contribution in [0, 0.1) is 0 Å². The van der Waals surface area contributed by atoms with E-state index in [0.717, 1.165) is 22.5 Å². The average Bonchev–Trinajstić information content (AvgIpc) is 3.01. The van der Waals surface area contributed by atoms with Crippen LogP contribution >= 0.6 is 12.2 Å². The number of rotatable bonds is 6. The van der Waals surface area contributed by atoms with Crippen LogP contribution in [0.2, 0.25) is 0 Å². The van der Waals surface area contributed by atoms with E-state index < -0.39 is 9.84 Å². The molecule has 7 heteroatoms. The Labute approximate surface area is 158 Å². The van der Waals surface area contributed by atoms with E-state index in [1.54, 1.807) is 18.3 Å². The molecule has 0 saturated heterocycles. The highest BCUT2D eigenvalue weighted by Crippen LogP contribution is 2.19. The quantitative estimate of drug-likeness (QED) is 0.660. The van der Waals surface area contributed by atoms with Crippen molar-refractivity contribution in [3.05, 3.63) is 83.4 Å². The molecule has 0 radical (unpaired) electrons. The van der Waals surface area contributed by atoms with Crippen LogP contribution in [0.3, 0.4) is 0 Å². The molecule has 0 fully saturated rings. The summed E-state index contributed by atoms with van der Waals surface area (Å²) in [4.78, 5) is 5.10. The minimum atomic E-state index is -3.29. The second-order valence-corrected chi connectivity index (χ2v) is 8.52. The van der Waals surface area contributed by atoms with Gasteiger partial charge in [-0.25, -0.2) is 13.4 Å². The zero-order valence-electron chi connectivity index (χ0n) is 14.3. The first-order chi connectivity index (χ1) is 12.3. The van der Waals surface area contributed by atoms with Gasteiger partial charge in [0.2, 0.25) is 0 Å². The second-order valence-electron chi connectivity index (χ2n) is 6.09. The summed E-state index contributed by atoms with van der Waals surface area (Å²) in [5, 5.41) is 0. The van der Waals surface area contributed by atoms with Crippen molar-refractivity contribution in [2.45, 2.75) is 17.9 Å². The molecule has 0 aliphatic carbocycles. The van der Waals surface area contributed by atoms with Gasteiger partial charge in [0.25, 0.3) is 0 Å². The van der Waals surface area contributed by atoms with E-state index in [9.17, 15) is 8.42 Å². The molecule has 1 heterocycles. The summed E-state index contributed by atoms with van der Waals surface area (Å²) in [5.41, 5.74) is 8.30. The number of benzene rings is 2. The third-order valence-corrected chi connectivity index (χ3v) is 5.52. The van der Waals surface area contributed by atoms with Crippen molar-refractivity contribution in [3.8, 4) is 0 Å². The average molecular weight is 386 g/mol. The smallest absolute Gasteiger partial charge is 0.175 e. The maximum Gasteiger partial charge on any atom is 0.175 e. The lowest BCUT2D eigenvalue weighted by atomic mass is 10.1. The molecule has 0 saturated carbocycles. The number of hydrogen-bond donors (Lipinski definition) is 1. The third-order valence-electron chi connectivity index (χ3n) is 4.09. The van der Waals surface area contributed by atoms with Crippen molar-refractivity contribution in [2.75, 3.05) is 6.26 Å². The molecule has 0 atom stereocenters. The van der Waals surface area contributed by atoms with Gasteiger partial charge >= 0.3 is 0 Å². The van der Waals surface area contributed by atoms with E-state index in [0.29, 0.717) is 22.8 Å². The zero-order chi connectivity index (χ0) is 18.7. The fraction of sp³-hybridized carbons (Fsp3) is 0.158. The van der Waals surface area contributed by atoms with Gasteiger partial charge in [-0.2, -0.15) is 0 Å². The van der Waals surface area contributed by atoms with Crippen molar-refractivity contribution in [1.82, 2.24) is 9.55 Å². The van der Waals surface area contributed by atoms with Gasteiger partial charge in [-0.1, -0.05) is 48.6 Å². The molecular formula is C19H19N3O2S2. The highest BCUT2D eigenvalue weighted by Gasteiger charge is 2.15. The van der Waals surface area contributed by atoms with Gasteiger partial charge in [-0.3, -0.25) is 0 Å². The molecule has 134 valence electrons. The Kier molecular flexibility index (Phi) is 5.20. The predicted molar refractivity (Wildman–Crippen MR) is 106 cm³/mol. The molecule has 2 N–H and O–H groups in total. The van der Waals surface area contributed by atoms with E-state index in [1.807, 2.05) is 47.2 Å². The van der Waals surface area contributed by atoms with Crippen LogP contribution in [0.1, 0.15) is 22.5 Å². The van der Waals surface area contributed by atoms with Crippen LogP contribution in [0.4, 0.5) is 0 Å². The minimum Gasteiger partial charge on any atom is -0.389 e. The molecule has 0 unspecified atom stereocenters. The lowest BCUT2D eigenvalue weighted by Crippen LogP contribution is -2.11. The minimum absolute atomic E-state index is 0.338. The Hall–Kier alpha value is -2.51. The van der Waals surface area contributed by atoms with E-state index in [2.05, 4.69) is 4.98 Å². The summed E-state index contributed by atoms with van der Waals surface area (Å²) in [6.07, 6.45) is 5.26. The van der Waals surface area contributed by atoms with Crippen molar-refractivity contribution in [2.24, 2.45) is 5.73 Å². The highest BCUT2D eigenvalue weighted by atomic mass is 32.2. The standard InChI is InChI=1S/C19H19N3O2S2/c1-26(23,24)17-8-3-2-6-15(17)12-18-21-9-10-22(18)13-14-5-4-7-16(11-14)19(20)25/h2-11H,12-13H2,1H3,(H2,20,25). The number of imidazole rings is 1. The maximum absolute atomic E-state index is 12.0. The number of nitrogens with two attached hydrogens (primary N) is 1. The number of nitrogens with zero attached hydrogens (tertiary/aromatic N) is 2. The van der Waals surface area contributed by atoms with Crippen molar-refractivity contribution in [1.29, 1.82) is 0 Å². The normalized spacial score (nSPS) is 11.4. The van der Waals surface area contributed by atoms with Gasteiger partial charge < -0.3 is 10.3 Å². The van der Waals surface area contributed by atoms with Crippen molar-refractivity contribution < 1.29 is 8.42 Å². The first-order valence-corrected chi connectivity index (χ1v) is 10.3. The van der Waals surface area contributed by atoms with Crippen LogP contribution in [-0.4, -0.2) is 29.2 Å². The lowest BCUT2D eigenvalue weighted by molar-refractivity contribution is 0.600. The van der Waals surface area contributed by atoms with E-state index in [1.165, 1.54) is 6.26 Å². The third kappa shape index (κ3) is 4.17. The Morgan fingerprint density at radius 2 is 1.96 bits per heavy atom. The Bertz CT molecular complexity index is 1060. The Morgan fingerprint density at radius 3 is 2.69 bits per heavy atom. The highest BCUT2D eigenvalue weighted by molar-refractivity contribution is 7.90. The molecule has 0 spiro atoms.